The minimum Gasteiger partial charge on any atom is -0.388 e. The molecule has 0 heterocycles. The molecule has 25 heavy (non-hydrogen) atoms. The maximum Gasteiger partial charge on any atom is 0.0861 e. The van der Waals surface area contributed by atoms with E-state index in [2.05, 4.69) is 65.8 Å². The molecule has 2 aromatic carbocycles. The van der Waals surface area contributed by atoms with Gasteiger partial charge in [0.05, 0.1) is 6.10 Å². The summed E-state index contributed by atoms with van der Waals surface area (Å²) in [7, 11) is -0.289. The van der Waals surface area contributed by atoms with Crippen molar-refractivity contribution in [3.63, 3.8) is 0 Å². The van der Waals surface area contributed by atoms with Gasteiger partial charge in [-0.15, -0.1) is 0 Å². The molecule has 0 radical (unpaired) electrons. The summed E-state index contributed by atoms with van der Waals surface area (Å²) in [4.78, 5) is 0. The van der Waals surface area contributed by atoms with Gasteiger partial charge < -0.3 is 5.11 Å². The van der Waals surface area contributed by atoms with E-state index in [4.69, 9.17) is 0 Å². The number of hydrogen-bond acceptors (Lipinski definition) is 1. The number of hydrogen-bond donors (Lipinski definition) is 1. The van der Waals surface area contributed by atoms with E-state index in [0.29, 0.717) is 0 Å². The number of benzene rings is 2. The molecular weight excluding hydrogens is 323 g/mol. The lowest BCUT2D eigenvalue weighted by Gasteiger charge is -2.44. The zero-order valence-corrected chi connectivity index (χ0v) is 17.4. The molecule has 2 atom stereocenters. The van der Waals surface area contributed by atoms with Gasteiger partial charge in [0.25, 0.3) is 0 Å². The van der Waals surface area contributed by atoms with E-state index >= 15 is 0 Å². The first-order chi connectivity index (χ1) is 11.6. The van der Waals surface area contributed by atoms with E-state index in [0.717, 1.165) is 11.7 Å². The lowest BCUT2D eigenvalue weighted by molar-refractivity contribution is 0.152. The Bertz CT molecular complexity index is 623. The van der Waals surface area contributed by atoms with Gasteiger partial charge in [-0.3, -0.25) is 0 Å². The SMILES string of the molecule is CC(C)(C)P(CC(c1ccccc1)C(O)c1ccccc1)C(C)(C)C. The molecular formula is C23H33OP. The van der Waals surface area contributed by atoms with Crippen molar-refractivity contribution in [2.45, 2.75) is 63.9 Å². The molecule has 0 saturated heterocycles. The van der Waals surface area contributed by atoms with Crippen LogP contribution in [0.5, 0.6) is 0 Å². The Kier molecular flexibility index (Phi) is 6.46. The van der Waals surface area contributed by atoms with E-state index < -0.39 is 6.10 Å². The highest BCUT2D eigenvalue weighted by Crippen LogP contribution is 2.61. The predicted molar refractivity (Wildman–Crippen MR) is 112 cm³/mol. The Morgan fingerprint density at radius 2 is 1.12 bits per heavy atom. The Labute approximate surface area is 155 Å². The van der Waals surface area contributed by atoms with Crippen molar-refractivity contribution in [3.05, 3.63) is 71.8 Å². The van der Waals surface area contributed by atoms with Crippen molar-refractivity contribution in [3.8, 4) is 0 Å². The third-order valence-electron chi connectivity index (χ3n) is 4.75. The van der Waals surface area contributed by atoms with Crippen molar-refractivity contribution in [1.29, 1.82) is 0 Å². The molecule has 0 aliphatic carbocycles. The van der Waals surface area contributed by atoms with Crippen molar-refractivity contribution in [1.82, 2.24) is 0 Å². The maximum atomic E-state index is 11.2. The Morgan fingerprint density at radius 3 is 1.52 bits per heavy atom. The van der Waals surface area contributed by atoms with E-state index in [1.165, 1.54) is 5.56 Å². The second kappa shape index (κ2) is 8.02. The average Bonchev–Trinajstić information content (AvgIpc) is 2.54. The molecule has 0 fully saturated rings. The molecule has 0 amide bonds. The van der Waals surface area contributed by atoms with Crippen molar-refractivity contribution < 1.29 is 5.11 Å². The first-order valence-electron chi connectivity index (χ1n) is 9.16. The molecule has 0 aromatic heterocycles. The van der Waals surface area contributed by atoms with Crippen LogP contribution >= 0.6 is 7.92 Å². The summed E-state index contributed by atoms with van der Waals surface area (Å²) in [5.74, 6) is 0.119. The summed E-state index contributed by atoms with van der Waals surface area (Å²) in [5, 5.41) is 11.7. The quantitative estimate of drug-likeness (QED) is 0.600. The summed E-state index contributed by atoms with van der Waals surface area (Å²) in [6, 6.07) is 20.6. The highest BCUT2D eigenvalue weighted by Gasteiger charge is 2.38. The second-order valence-corrected chi connectivity index (χ2v) is 12.7. The van der Waals surface area contributed by atoms with Crippen molar-refractivity contribution in [2.75, 3.05) is 6.16 Å². The standard InChI is InChI=1S/C23H33OP/c1-22(2,3)25(23(4,5)6)17-20(18-13-9-7-10-14-18)21(24)19-15-11-8-12-16-19/h7-16,20-21,24H,17H2,1-6H3. The molecule has 2 rings (SSSR count). The molecule has 2 aromatic rings. The molecule has 2 heteroatoms. The zero-order valence-electron chi connectivity index (χ0n) is 16.5. The minimum absolute atomic E-state index is 0.119. The van der Waals surface area contributed by atoms with Gasteiger partial charge in [0.2, 0.25) is 0 Å². The first kappa shape index (κ1) is 20.1. The van der Waals surface area contributed by atoms with Gasteiger partial charge in [-0.05, 0) is 27.6 Å². The fourth-order valence-electron chi connectivity index (χ4n) is 3.72. The Hall–Kier alpha value is -1.17. The molecule has 0 bridgehead atoms. The van der Waals surface area contributed by atoms with Crippen LogP contribution in [-0.4, -0.2) is 21.6 Å². The van der Waals surface area contributed by atoms with Crippen LogP contribution in [0.3, 0.4) is 0 Å². The maximum absolute atomic E-state index is 11.2. The summed E-state index contributed by atoms with van der Waals surface area (Å²) in [5.41, 5.74) is 2.24. The van der Waals surface area contributed by atoms with Crippen molar-refractivity contribution in [2.24, 2.45) is 0 Å². The predicted octanol–water partition coefficient (Wildman–Crippen LogP) is 6.58. The largest absolute Gasteiger partial charge is 0.388 e. The van der Waals surface area contributed by atoms with Crippen LogP contribution in [0.25, 0.3) is 0 Å². The molecule has 1 nitrogen and oxygen atoms in total. The van der Waals surface area contributed by atoms with Gasteiger partial charge in [-0.2, -0.15) is 0 Å². The fourth-order valence-corrected chi connectivity index (χ4v) is 7.63. The molecule has 2 unspecified atom stereocenters. The highest BCUT2D eigenvalue weighted by atomic mass is 31.1. The first-order valence-corrected chi connectivity index (χ1v) is 10.7. The van der Waals surface area contributed by atoms with Crippen LogP contribution in [-0.2, 0) is 0 Å². The molecule has 0 aliphatic heterocycles. The molecule has 136 valence electrons. The normalized spacial score (nSPS) is 15.2. The van der Waals surface area contributed by atoms with Crippen molar-refractivity contribution >= 4 is 7.92 Å². The van der Waals surface area contributed by atoms with Crippen LogP contribution in [0.2, 0.25) is 0 Å². The smallest absolute Gasteiger partial charge is 0.0861 e. The third kappa shape index (κ3) is 5.40. The van der Waals surface area contributed by atoms with Crippen LogP contribution in [0.4, 0.5) is 0 Å². The van der Waals surface area contributed by atoms with E-state index in [1.54, 1.807) is 0 Å². The summed E-state index contributed by atoms with van der Waals surface area (Å²) < 4.78 is 0. The van der Waals surface area contributed by atoms with Gasteiger partial charge in [0.15, 0.2) is 0 Å². The van der Waals surface area contributed by atoms with Crippen LogP contribution in [0.15, 0.2) is 60.7 Å². The molecule has 1 N–H and O–H groups in total. The lowest BCUT2D eigenvalue weighted by atomic mass is 9.91. The summed E-state index contributed by atoms with van der Waals surface area (Å²) in [6.07, 6.45) is 0.556. The van der Waals surface area contributed by atoms with Gasteiger partial charge in [-0.25, -0.2) is 0 Å². The van der Waals surface area contributed by atoms with E-state index in [-0.39, 0.29) is 24.2 Å². The average molecular weight is 356 g/mol. The number of aliphatic hydroxyl groups excluding tert-OH is 1. The van der Waals surface area contributed by atoms with Crippen LogP contribution in [0.1, 0.15) is 64.7 Å². The molecule has 0 saturated carbocycles. The third-order valence-corrected chi connectivity index (χ3v) is 8.75. The lowest BCUT2D eigenvalue weighted by Crippen LogP contribution is -2.29. The molecule has 0 spiro atoms. The van der Waals surface area contributed by atoms with Gasteiger partial charge in [0.1, 0.15) is 0 Å². The second-order valence-electron chi connectivity index (χ2n) is 8.82. The number of aliphatic hydroxyl groups is 1. The number of rotatable bonds is 5. The summed E-state index contributed by atoms with van der Waals surface area (Å²) >= 11 is 0. The van der Waals surface area contributed by atoms with Crippen LogP contribution in [0, 0.1) is 0 Å². The van der Waals surface area contributed by atoms with Gasteiger partial charge >= 0.3 is 0 Å². The highest BCUT2D eigenvalue weighted by molar-refractivity contribution is 7.60. The summed E-state index contributed by atoms with van der Waals surface area (Å²) in [6.45, 7) is 14.1. The van der Waals surface area contributed by atoms with Gasteiger partial charge in [-0.1, -0.05) is 110 Å². The Morgan fingerprint density at radius 1 is 0.720 bits per heavy atom. The van der Waals surface area contributed by atoms with Gasteiger partial charge in [0, 0.05) is 5.92 Å². The monoisotopic (exact) mass is 356 g/mol. The zero-order chi connectivity index (χ0) is 18.7. The topological polar surface area (TPSA) is 20.2 Å². The van der Waals surface area contributed by atoms with E-state index in [1.807, 2.05) is 36.4 Å². The van der Waals surface area contributed by atoms with E-state index in [9.17, 15) is 5.11 Å². The molecule has 0 aliphatic rings. The van der Waals surface area contributed by atoms with Crippen LogP contribution < -0.4 is 0 Å². The minimum atomic E-state index is -0.474. The Balaban J connectivity index is 2.42. The fraction of sp³-hybridized carbons (Fsp3) is 0.478.